The lowest BCUT2D eigenvalue weighted by molar-refractivity contribution is 0.563. The molecule has 1 unspecified atom stereocenters. The summed E-state index contributed by atoms with van der Waals surface area (Å²) in [6.45, 7) is 5.39. The molecule has 0 amide bonds. The topological polar surface area (TPSA) is 46.2 Å². The first-order valence-corrected chi connectivity index (χ1v) is 6.88. The molecule has 0 radical (unpaired) electrons. The number of rotatable bonds is 4. The molecule has 0 spiro atoms. The molecule has 4 heteroatoms. The standard InChI is InChI=1S/C13H17NO2S/c1-5-6-12(4)14-17(15,16)13-9-10(2)7-8-11(13)3/h1,7-9,12,14H,6H2,2-4H3. The average Bonchev–Trinajstić information content (AvgIpc) is 2.21. The minimum atomic E-state index is -3.48. The van der Waals surface area contributed by atoms with Gasteiger partial charge in [0, 0.05) is 12.5 Å². The molecule has 92 valence electrons. The molecule has 1 rings (SSSR count). The van der Waals surface area contributed by atoms with Crippen molar-refractivity contribution < 1.29 is 8.42 Å². The van der Waals surface area contributed by atoms with Crippen LogP contribution in [0, 0.1) is 26.2 Å². The van der Waals surface area contributed by atoms with Gasteiger partial charge < -0.3 is 0 Å². The third-order valence-corrected chi connectivity index (χ3v) is 4.15. The highest BCUT2D eigenvalue weighted by atomic mass is 32.2. The fourth-order valence-corrected chi connectivity index (χ4v) is 3.12. The van der Waals surface area contributed by atoms with E-state index in [9.17, 15) is 8.42 Å². The molecule has 0 bridgehead atoms. The van der Waals surface area contributed by atoms with Crippen LogP contribution in [-0.4, -0.2) is 14.5 Å². The van der Waals surface area contributed by atoms with Crippen molar-refractivity contribution in [1.29, 1.82) is 0 Å². The predicted octanol–water partition coefficient (Wildman–Crippen LogP) is 1.99. The molecule has 1 atom stereocenters. The van der Waals surface area contributed by atoms with E-state index in [1.165, 1.54) is 0 Å². The van der Waals surface area contributed by atoms with E-state index in [4.69, 9.17) is 6.42 Å². The quantitative estimate of drug-likeness (QED) is 0.832. The maximum atomic E-state index is 12.1. The second kappa shape index (κ2) is 5.35. The van der Waals surface area contributed by atoms with E-state index >= 15 is 0 Å². The van der Waals surface area contributed by atoms with E-state index in [0.29, 0.717) is 11.3 Å². The fourth-order valence-electron chi connectivity index (χ4n) is 1.54. The van der Waals surface area contributed by atoms with Gasteiger partial charge in [-0.25, -0.2) is 13.1 Å². The average molecular weight is 251 g/mol. The highest BCUT2D eigenvalue weighted by Gasteiger charge is 2.18. The maximum Gasteiger partial charge on any atom is 0.241 e. The molecule has 1 N–H and O–H groups in total. The number of sulfonamides is 1. The Bertz CT molecular complexity index is 541. The van der Waals surface area contributed by atoms with Gasteiger partial charge in [0.1, 0.15) is 0 Å². The monoisotopic (exact) mass is 251 g/mol. The minimum absolute atomic E-state index is 0.259. The van der Waals surface area contributed by atoms with Gasteiger partial charge in [0.15, 0.2) is 0 Å². The zero-order valence-corrected chi connectivity index (χ0v) is 11.1. The van der Waals surface area contributed by atoms with Gasteiger partial charge in [0.2, 0.25) is 10.0 Å². The third kappa shape index (κ3) is 3.58. The molecular weight excluding hydrogens is 234 g/mol. The van der Waals surface area contributed by atoms with Gasteiger partial charge in [-0.1, -0.05) is 12.1 Å². The van der Waals surface area contributed by atoms with Gasteiger partial charge in [0.25, 0.3) is 0 Å². The van der Waals surface area contributed by atoms with Crippen LogP contribution in [0.3, 0.4) is 0 Å². The summed E-state index contributed by atoms with van der Waals surface area (Å²) in [7, 11) is -3.48. The van der Waals surface area contributed by atoms with E-state index < -0.39 is 10.0 Å². The van der Waals surface area contributed by atoms with Crippen LogP contribution in [0.25, 0.3) is 0 Å². The van der Waals surface area contributed by atoms with Crippen LogP contribution in [0.15, 0.2) is 23.1 Å². The van der Waals surface area contributed by atoms with Crippen LogP contribution in [0.2, 0.25) is 0 Å². The zero-order valence-electron chi connectivity index (χ0n) is 10.3. The maximum absolute atomic E-state index is 12.1. The van der Waals surface area contributed by atoms with Crippen molar-refractivity contribution in [3.8, 4) is 12.3 Å². The summed E-state index contributed by atoms with van der Waals surface area (Å²) in [5, 5.41) is 0. The number of hydrogen-bond donors (Lipinski definition) is 1. The summed E-state index contributed by atoms with van der Waals surface area (Å²) in [5.41, 5.74) is 1.65. The van der Waals surface area contributed by atoms with Crippen molar-refractivity contribution in [2.24, 2.45) is 0 Å². The molecule has 0 heterocycles. The number of terminal acetylenes is 1. The number of benzene rings is 1. The van der Waals surface area contributed by atoms with Crippen molar-refractivity contribution in [3.05, 3.63) is 29.3 Å². The van der Waals surface area contributed by atoms with E-state index in [0.717, 1.165) is 11.1 Å². The van der Waals surface area contributed by atoms with Crippen LogP contribution in [0.5, 0.6) is 0 Å². The number of hydrogen-bond acceptors (Lipinski definition) is 2. The lowest BCUT2D eigenvalue weighted by atomic mass is 10.2. The first kappa shape index (κ1) is 13.8. The lowest BCUT2D eigenvalue weighted by Crippen LogP contribution is -2.32. The van der Waals surface area contributed by atoms with Crippen molar-refractivity contribution in [3.63, 3.8) is 0 Å². The molecule has 3 nitrogen and oxygen atoms in total. The van der Waals surface area contributed by atoms with Crippen molar-refractivity contribution in [2.45, 2.75) is 38.1 Å². The molecule has 17 heavy (non-hydrogen) atoms. The predicted molar refractivity (Wildman–Crippen MR) is 69.1 cm³/mol. The molecule has 0 saturated heterocycles. The van der Waals surface area contributed by atoms with Crippen LogP contribution in [-0.2, 0) is 10.0 Å². The van der Waals surface area contributed by atoms with Gasteiger partial charge in [-0.2, -0.15) is 0 Å². The van der Waals surface area contributed by atoms with Gasteiger partial charge in [-0.15, -0.1) is 12.3 Å². The van der Waals surface area contributed by atoms with Crippen LogP contribution in [0.4, 0.5) is 0 Å². The third-order valence-electron chi connectivity index (χ3n) is 2.41. The molecule has 1 aromatic rings. The largest absolute Gasteiger partial charge is 0.241 e. The molecule has 0 aliphatic carbocycles. The summed E-state index contributed by atoms with van der Waals surface area (Å²) < 4.78 is 26.8. The van der Waals surface area contributed by atoms with Crippen LogP contribution < -0.4 is 4.72 Å². The summed E-state index contributed by atoms with van der Waals surface area (Å²) in [4.78, 5) is 0.321. The Hall–Kier alpha value is -1.31. The first-order valence-electron chi connectivity index (χ1n) is 5.40. The van der Waals surface area contributed by atoms with E-state index in [1.807, 2.05) is 13.0 Å². The summed E-state index contributed by atoms with van der Waals surface area (Å²) in [6.07, 6.45) is 5.54. The molecule has 0 aliphatic heterocycles. The Kier molecular flexibility index (Phi) is 4.33. The van der Waals surface area contributed by atoms with E-state index in [1.54, 1.807) is 26.0 Å². The van der Waals surface area contributed by atoms with Gasteiger partial charge in [-0.3, -0.25) is 0 Å². The number of nitrogens with one attached hydrogen (secondary N) is 1. The zero-order chi connectivity index (χ0) is 13.1. The highest BCUT2D eigenvalue weighted by molar-refractivity contribution is 7.89. The molecule has 0 fully saturated rings. The Labute approximate surface area is 103 Å². The van der Waals surface area contributed by atoms with Crippen molar-refractivity contribution >= 4 is 10.0 Å². The molecule has 0 saturated carbocycles. The number of aryl methyl sites for hydroxylation is 2. The van der Waals surface area contributed by atoms with Gasteiger partial charge in [0.05, 0.1) is 4.90 Å². The minimum Gasteiger partial charge on any atom is -0.207 e. The molecule has 1 aromatic carbocycles. The van der Waals surface area contributed by atoms with Crippen LogP contribution >= 0.6 is 0 Å². The van der Waals surface area contributed by atoms with Gasteiger partial charge >= 0.3 is 0 Å². The van der Waals surface area contributed by atoms with E-state index in [-0.39, 0.29) is 6.04 Å². The second-order valence-corrected chi connectivity index (χ2v) is 5.88. The highest BCUT2D eigenvalue weighted by Crippen LogP contribution is 2.17. The van der Waals surface area contributed by atoms with Crippen LogP contribution in [0.1, 0.15) is 24.5 Å². The SMILES string of the molecule is C#CCC(C)NS(=O)(=O)c1cc(C)ccc1C. The Morgan fingerprint density at radius 3 is 2.65 bits per heavy atom. The fraction of sp³-hybridized carbons (Fsp3) is 0.385. The van der Waals surface area contributed by atoms with Gasteiger partial charge in [-0.05, 0) is 38.0 Å². The van der Waals surface area contributed by atoms with Crippen molar-refractivity contribution in [1.82, 2.24) is 4.72 Å². The van der Waals surface area contributed by atoms with E-state index in [2.05, 4.69) is 10.6 Å². The smallest absolute Gasteiger partial charge is 0.207 e. The molecule has 0 aromatic heterocycles. The normalized spacial score (nSPS) is 13.1. The van der Waals surface area contributed by atoms with Crippen molar-refractivity contribution in [2.75, 3.05) is 0 Å². The first-order chi connectivity index (χ1) is 7.86. The summed E-state index contributed by atoms with van der Waals surface area (Å²) in [6, 6.07) is 5.10. The molecule has 0 aliphatic rings. The summed E-state index contributed by atoms with van der Waals surface area (Å²) >= 11 is 0. The Morgan fingerprint density at radius 1 is 1.41 bits per heavy atom. The Morgan fingerprint density at radius 2 is 2.06 bits per heavy atom. The second-order valence-electron chi connectivity index (χ2n) is 4.20. The Balaban J connectivity index is 3.06. The lowest BCUT2D eigenvalue weighted by Gasteiger charge is -2.13. The summed E-state index contributed by atoms with van der Waals surface area (Å²) in [5.74, 6) is 2.44. The molecular formula is C13H17NO2S.